The van der Waals surface area contributed by atoms with Gasteiger partial charge in [-0.1, -0.05) is 0 Å². The largest absolute Gasteiger partial charge is 0.465 e. The SMILES string of the molecule is COC(=O)c1cc(F)c(F)cc1N.Cl. The van der Waals surface area contributed by atoms with Gasteiger partial charge in [-0.05, 0) is 6.07 Å². The molecule has 2 N–H and O–H groups in total. The van der Waals surface area contributed by atoms with Crippen molar-refractivity contribution < 1.29 is 18.3 Å². The number of carbonyl (C=O) groups excluding carboxylic acids is 1. The number of hydrogen-bond acceptors (Lipinski definition) is 3. The number of benzene rings is 1. The van der Waals surface area contributed by atoms with Crippen LogP contribution in [0.5, 0.6) is 0 Å². The molecule has 0 aromatic heterocycles. The first-order chi connectivity index (χ1) is 6.06. The summed E-state index contributed by atoms with van der Waals surface area (Å²) in [4.78, 5) is 10.9. The first kappa shape index (κ1) is 12.6. The maximum Gasteiger partial charge on any atom is 0.340 e. The van der Waals surface area contributed by atoms with Crippen LogP contribution in [-0.2, 0) is 4.74 Å². The van der Waals surface area contributed by atoms with Crippen LogP contribution in [-0.4, -0.2) is 13.1 Å². The summed E-state index contributed by atoms with van der Waals surface area (Å²) in [5, 5.41) is 0. The van der Waals surface area contributed by atoms with Gasteiger partial charge in [0.2, 0.25) is 0 Å². The highest BCUT2D eigenvalue weighted by molar-refractivity contribution is 5.94. The topological polar surface area (TPSA) is 52.3 Å². The molecular formula is C8H8ClF2NO2. The van der Waals surface area contributed by atoms with E-state index in [-0.39, 0.29) is 23.7 Å². The molecular weight excluding hydrogens is 216 g/mol. The third-order valence-corrected chi connectivity index (χ3v) is 1.50. The smallest absolute Gasteiger partial charge is 0.340 e. The average molecular weight is 224 g/mol. The Balaban J connectivity index is 0.00000169. The number of anilines is 1. The first-order valence-corrected chi connectivity index (χ1v) is 3.39. The number of carbonyl (C=O) groups is 1. The van der Waals surface area contributed by atoms with Gasteiger partial charge in [-0.15, -0.1) is 12.4 Å². The van der Waals surface area contributed by atoms with Gasteiger partial charge in [0.1, 0.15) is 0 Å². The van der Waals surface area contributed by atoms with Crippen molar-refractivity contribution in [2.45, 2.75) is 0 Å². The first-order valence-electron chi connectivity index (χ1n) is 3.39. The van der Waals surface area contributed by atoms with Crippen LogP contribution in [0.3, 0.4) is 0 Å². The van der Waals surface area contributed by atoms with Gasteiger partial charge in [0.05, 0.1) is 12.7 Å². The van der Waals surface area contributed by atoms with E-state index in [1.165, 1.54) is 0 Å². The highest BCUT2D eigenvalue weighted by atomic mass is 35.5. The van der Waals surface area contributed by atoms with Crippen LogP contribution in [0.15, 0.2) is 12.1 Å². The quantitative estimate of drug-likeness (QED) is 0.583. The van der Waals surface area contributed by atoms with Gasteiger partial charge in [0.25, 0.3) is 0 Å². The Morgan fingerprint density at radius 2 is 1.86 bits per heavy atom. The van der Waals surface area contributed by atoms with Crippen molar-refractivity contribution in [3.63, 3.8) is 0 Å². The van der Waals surface area contributed by atoms with Crippen LogP contribution in [0, 0.1) is 11.6 Å². The predicted octanol–water partition coefficient (Wildman–Crippen LogP) is 1.76. The highest BCUT2D eigenvalue weighted by Crippen LogP contribution is 2.17. The summed E-state index contributed by atoms with van der Waals surface area (Å²) in [5.74, 6) is -3.02. The van der Waals surface area contributed by atoms with Gasteiger partial charge in [0, 0.05) is 11.8 Å². The summed E-state index contributed by atoms with van der Waals surface area (Å²) in [7, 11) is 1.13. The number of esters is 1. The standard InChI is InChI=1S/C8H7F2NO2.ClH/c1-13-8(12)4-2-5(9)6(10)3-7(4)11;/h2-3H,11H2,1H3;1H. The summed E-state index contributed by atoms with van der Waals surface area (Å²) >= 11 is 0. The van der Waals surface area contributed by atoms with Gasteiger partial charge in [-0.2, -0.15) is 0 Å². The van der Waals surface area contributed by atoms with Crippen molar-refractivity contribution in [2.24, 2.45) is 0 Å². The molecule has 0 amide bonds. The molecule has 0 bridgehead atoms. The van der Waals surface area contributed by atoms with E-state index in [0.717, 1.165) is 13.2 Å². The zero-order valence-corrected chi connectivity index (χ0v) is 8.03. The van der Waals surface area contributed by atoms with Crippen LogP contribution >= 0.6 is 12.4 Å². The Bertz CT molecular complexity index is 357. The molecule has 6 heteroatoms. The molecule has 78 valence electrons. The molecule has 0 radical (unpaired) electrons. The Morgan fingerprint density at radius 1 is 1.36 bits per heavy atom. The summed E-state index contributed by atoms with van der Waals surface area (Å²) in [6, 6.07) is 1.44. The lowest BCUT2D eigenvalue weighted by Gasteiger charge is -2.03. The predicted molar refractivity (Wildman–Crippen MR) is 49.4 cm³/mol. The fraction of sp³-hybridized carbons (Fsp3) is 0.125. The van der Waals surface area contributed by atoms with E-state index in [2.05, 4.69) is 4.74 Å². The van der Waals surface area contributed by atoms with Crippen LogP contribution in [0.4, 0.5) is 14.5 Å². The minimum atomic E-state index is -1.13. The molecule has 0 aliphatic heterocycles. The number of halogens is 3. The molecule has 14 heavy (non-hydrogen) atoms. The normalized spacial score (nSPS) is 9.07. The third kappa shape index (κ3) is 2.32. The molecule has 0 aliphatic carbocycles. The Hall–Kier alpha value is -1.36. The zero-order chi connectivity index (χ0) is 10.0. The van der Waals surface area contributed by atoms with E-state index < -0.39 is 17.6 Å². The van der Waals surface area contributed by atoms with Gasteiger partial charge in [0.15, 0.2) is 11.6 Å². The molecule has 0 aliphatic rings. The van der Waals surface area contributed by atoms with Crippen molar-refractivity contribution in [2.75, 3.05) is 12.8 Å². The molecule has 0 fully saturated rings. The van der Waals surface area contributed by atoms with Crippen molar-refractivity contribution in [3.05, 3.63) is 29.3 Å². The van der Waals surface area contributed by atoms with E-state index in [9.17, 15) is 13.6 Å². The summed E-state index contributed by atoms with van der Waals surface area (Å²) in [6.07, 6.45) is 0. The van der Waals surface area contributed by atoms with Crippen LogP contribution in [0.2, 0.25) is 0 Å². The zero-order valence-electron chi connectivity index (χ0n) is 7.21. The average Bonchev–Trinajstić information content (AvgIpc) is 2.10. The Labute approximate surface area is 85.3 Å². The third-order valence-electron chi connectivity index (χ3n) is 1.50. The minimum Gasteiger partial charge on any atom is -0.465 e. The molecule has 0 saturated heterocycles. The van der Waals surface area contributed by atoms with Crippen LogP contribution in [0.25, 0.3) is 0 Å². The molecule has 3 nitrogen and oxygen atoms in total. The fourth-order valence-electron chi connectivity index (χ4n) is 0.849. The lowest BCUT2D eigenvalue weighted by Crippen LogP contribution is -2.07. The molecule has 1 rings (SSSR count). The Kier molecular flexibility index (Phi) is 4.30. The Morgan fingerprint density at radius 3 is 2.36 bits per heavy atom. The number of nitrogens with two attached hydrogens (primary N) is 1. The monoisotopic (exact) mass is 223 g/mol. The molecule has 0 unspecified atom stereocenters. The van der Waals surface area contributed by atoms with Gasteiger partial charge >= 0.3 is 5.97 Å². The number of nitrogen functional groups attached to an aromatic ring is 1. The van der Waals surface area contributed by atoms with E-state index >= 15 is 0 Å². The number of hydrogen-bond donors (Lipinski definition) is 1. The molecule has 0 saturated carbocycles. The van der Waals surface area contributed by atoms with Crippen LogP contribution in [0.1, 0.15) is 10.4 Å². The van der Waals surface area contributed by atoms with Crippen molar-refractivity contribution in [1.82, 2.24) is 0 Å². The van der Waals surface area contributed by atoms with E-state index in [1.807, 2.05) is 0 Å². The van der Waals surface area contributed by atoms with Gasteiger partial charge in [-0.25, -0.2) is 13.6 Å². The van der Waals surface area contributed by atoms with E-state index in [1.54, 1.807) is 0 Å². The van der Waals surface area contributed by atoms with Crippen molar-refractivity contribution in [3.8, 4) is 0 Å². The second kappa shape index (κ2) is 4.76. The lowest BCUT2D eigenvalue weighted by molar-refractivity contribution is 0.0601. The van der Waals surface area contributed by atoms with Crippen molar-refractivity contribution in [1.29, 1.82) is 0 Å². The summed E-state index contributed by atoms with van der Waals surface area (Å²) in [6.45, 7) is 0. The molecule has 0 spiro atoms. The molecule has 1 aromatic carbocycles. The van der Waals surface area contributed by atoms with Gasteiger partial charge in [-0.3, -0.25) is 0 Å². The second-order valence-corrected chi connectivity index (χ2v) is 2.35. The fourth-order valence-corrected chi connectivity index (χ4v) is 0.849. The maximum absolute atomic E-state index is 12.6. The van der Waals surface area contributed by atoms with E-state index in [4.69, 9.17) is 5.73 Å². The second-order valence-electron chi connectivity index (χ2n) is 2.35. The molecule has 0 heterocycles. The minimum absolute atomic E-state index is 0. The van der Waals surface area contributed by atoms with E-state index in [0.29, 0.717) is 6.07 Å². The number of ether oxygens (including phenoxy) is 1. The van der Waals surface area contributed by atoms with Crippen LogP contribution < -0.4 is 5.73 Å². The lowest BCUT2D eigenvalue weighted by atomic mass is 10.2. The molecule has 0 atom stereocenters. The summed E-state index contributed by atoms with van der Waals surface area (Å²) in [5.41, 5.74) is 4.93. The summed E-state index contributed by atoms with van der Waals surface area (Å²) < 4.78 is 29.4. The van der Waals surface area contributed by atoms with Crippen molar-refractivity contribution >= 4 is 24.1 Å². The highest BCUT2D eigenvalue weighted by Gasteiger charge is 2.13. The molecule has 1 aromatic rings. The number of methoxy groups -OCH3 is 1. The number of rotatable bonds is 1. The maximum atomic E-state index is 12.6. The van der Waals surface area contributed by atoms with Gasteiger partial charge < -0.3 is 10.5 Å².